The van der Waals surface area contributed by atoms with Crippen LogP contribution in [0.3, 0.4) is 0 Å². The van der Waals surface area contributed by atoms with Gasteiger partial charge in [0.1, 0.15) is 5.82 Å². The van der Waals surface area contributed by atoms with E-state index in [2.05, 4.69) is 10.6 Å². The van der Waals surface area contributed by atoms with E-state index in [-0.39, 0.29) is 12.5 Å². The first-order valence-corrected chi connectivity index (χ1v) is 7.00. The van der Waals surface area contributed by atoms with Crippen LogP contribution in [0, 0.1) is 5.82 Å². The quantitative estimate of drug-likeness (QED) is 0.890. The molecule has 0 aromatic heterocycles. The highest BCUT2D eigenvalue weighted by Crippen LogP contribution is 2.18. The third kappa shape index (κ3) is 4.71. The molecule has 0 spiro atoms. The zero-order chi connectivity index (χ0) is 13.7. The predicted molar refractivity (Wildman–Crippen MR) is 74.9 cm³/mol. The van der Waals surface area contributed by atoms with Crippen LogP contribution in [0.2, 0.25) is 5.02 Å². The highest BCUT2D eigenvalue weighted by molar-refractivity contribution is 6.30. The topological polar surface area (TPSA) is 41.1 Å². The van der Waals surface area contributed by atoms with Crippen molar-refractivity contribution < 1.29 is 9.18 Å². The summed E-state index contributed by atoms with van der Waals surface area (Å²) >= 11 is 5.74. The van der Waals surface area contributed by atoms with E-state index in [1.807, 2.05) is 0 Å². The zero-order valence-corrected chi connectivity index (χ0v) is 11.5. The number of carbonyl (C=O) groups is 1. The molecule has 1 saturated carbocycles. The third-order valence-corrected chi connectivity index (χ3v) is 3.50. The van der Waals surface area contributed by atoms with Gasteiger partial charge < -0.3 is 10.6 Å². The van der Waals surface area contributed by atoms with Crippen LogP contribution in [0.15, 0.2) is 18.2 Å². The molecule has 2 rings (SSSR count). The second-order valence-corrected chi connectivity index (χ2v) is 5.35. The standard InChI is InChI=1S/C14H18ClFN2O/c15-10-6-11(16)8-13(7-10)17-9-14(19)18-12-4-2-1-3-5-12/h6-8,12,17H,1-5,9H2,(H,18,19). The van der Waals surface area contributed by atoms with Crippen molar-refractivity contribution in [1.29, 1.82) is 0 Å². The Labute approximate surface area is 117 Å². The van der Waals surface area contributed by atoms with Crippen molar-refractivity contribution in [3.63, 3.8) is 0 Å². The Kier molecular flexibility index (Phi) is 5.02. The number of rotatable bonds is 4. The summed E-state index contributed by atoms with van der Waals surface area (Å²) in [7, 11) is 0. The summed E-state index contributed by atoms with van der Waals surface area (Å²) in [5.41, 5.74) is 0.517. The number of hydrogen-bond donors (Lipinski definition) is 2. The maximum Gasteiger partial charge on any atom is 0.239 e. The van der Waals surface area contributed by atoms with Gasteiger partial charge >= 0.3 is 0 Å². The molecule has 0 heterocycles. The number of anilines is 1. The molecule has 0 bridgehead atoms. The van der Waals surface area contributed by atoms with E-state index in [9.17, 15) is 9.18 Å². The lowest BCUT2D eigenvalue weighted by Crippen LogP contribution is -2.39. The largest absolute Gasteiger partial charge is 0.376 e. The smallest absolute Gasteiger partial charge is 0.239 e. The second kappa shape index (κ2) is 6.75. The summed E-state index contributed by atoms with van der Waals surface area (Å²) in [6.45, 7) is 0.135. The molecule has 0 aliphatic heterocycles. The van der Waals surface area contributed by atoms with Gasteiger partial charge in [0.2, 0.25) is 5.91 Å². The van der Waals surface area contributed by atoms with Gasteiger partial charge in [-0.15, -0.1) is 0 Å². The number of carbonyl (C=O) groups excluding carboxylic acids is 1. The minimum Gasteiger partial charge on any atom is -0.376 e. The fourth-order valence-electron chi connectivity index (χ4n) is 2.36. The van der Waals surface area contributed by atoms with E-state index >= 15 is 0 Å². The molecule has 1 fully saturated rings. The molecule has 0 unspecified atom stereocenters. The molecule has 104 valence electrons. The monoisotopic (exact) mass is 284 g/mol. The average Bonchev–Trinajstić information content (AvgIpc) is 2.36. The van der Waals surface area contributed by atoms with Crippen LogP contribution in [0.25, 0.3) is 0 Å². The Balaban J connectivity index is 1.79. The molecule has 0 atom stereocenters. The summed E-state index contributed by atoms with van der Waals surface area (Å²) in [5.74, 6) is -0.477. The number of hydrogen-bond acceptors (Lipinski definition) is 2. The number of halogens is 2. The van der Waals surface area contributed by atoms with E-state index in [0.29, 0.717) is 16.8 Å². The molecular weight excluding hydrogens is 267 g/mol. The van der Waals surface area contributed by atoms with Crippen LogP contribution in [0.4, 0.5) is 10.1 Å². The number of amides is 1. The first-order valence-electron chi connectivity index (χ1n) is 6.63. The summed E-state index contributed by atoms with van der Waals surface area (Å²) in [6.07, 6.45) is 5.72. The summed E-state index contributed by atoms with van der Waals surface area (Å²) in [4.78, 5) is 11.8. The predicted octanol–water partition coefficient (Wildman–Crippen LogP) is 3.34. The minimum atomic E-state index is -0.414. The Morgan fingerprint density at radius 2 is 2.00 bits per heavy atom. The summed E-state index contributed by atoms with van der Waals surface area (Å²) < 4.78 is 13.1. The van der Waals surface area contributed by atoms with E-state index in [4.69, 9.17) is 11.6 Å². The Hall–Kier alpha value is -1.29. The minimum absolute atomic E-state index is 0.0627. The molecule has 0 radical (unpaired) electrons. The zero-order valence-electron chi connectivity index (χ0n) is 10.7. The van der Waals surface area contributed by atoms with Crippen LogP contribution in [0.5, 0.6) is 0 Å². The first kappa shape index (κ1) is 14.1. The van der Waals surface area contributed by atoms with Crippen LogP contribution >= 0.6 is 11.6 Å². The Morgan fingerprint density at radius 3 is 2.68 bits per heavy atom. The molecule has 3 nitrogen and oxygen atoms in total. The van der Waals surface area contributed by atoms with Gasteiger partial charge in [-0.25, -0.2) is 4.39 Å². The molecule has 2 N–H and O–H groups in total. The molecule has 1 aliphatic carbocycles. The fourth-order valence-corrected chi connectivity index (χ4v) is 2.59. The van der Waals surface area contributed by atoms with Crippen molar-refractivity contribution in [2.24, 2.45) is 0 Å². The lowest BCUT2D eigenvalue weighted by atomic mass is 9.95. The lowest BCUT2D eigenvalue weighted by molar-refractivity contribution is -0.120. The van der Waals surface area contributed by atoms with Crippen molar-refractivity contribution in [3.8, 4) is 0 Å². The van der Waals surface area contributed by atoms with Crippen LogP contribution in [0.1, 0.15) is 32.1 Å². The van der Waals surface area contributed by atoms with Gasteiger partial charge in [-0.3, -0.25) is 4.79 Å². The van der Waals surface area contributed by atoms with Gasteiger partial charge in [-0.1, -0.05) is 30.9 Å². The van der Waals surface area contributed by atoms with Crippen molar-refractivity contribution in [2.75, 3.05) is 11.9 Å². The third-order valence-electron chi connectivity index (χ3n) is 3.29. The van der Waals surface area contributed by atoms with Crippen molar-refractivity contribution in [1.82, 2.24) is 5.32 Å². The fraction of sp³-hybridized carbons (Fsp3) is 0.500. The molecule has 1 aromatic carbocycles. The van der Waals surface area contributed by atoms with Crippen molar-refractivity contribution in [2.45, 2.75) is 38.1 Å². The van der Waals surface area contributed by atoms with Gasteiger partial charge in [-0.05, 0) is 31.0 Å². The average molecular weight is 285 g/mol. The molecular formula is C14H18ClFN2O. The van der Waals surface area contributed by atoms with Gasteiger partial charge in [0.15, 0.2) is 0 Å². The Morgan fingerprint density at radius 1 is 1.26 bits per heavy atom. The molecule has 1 aliphatic rings. The highest BCUT2D eigenvalue weighted by atomic mass is 35.5. The molecule has 0 saturated heterocycles. The molecule has 1 aromatic rings. The second-order valence-electron chi connectivity index (χ2n) is 4.91. The van der Waals surface area contributed by atoms with Gasteiger partial charge in [-0.2, -0.15) is 0 Å². The molecule has 1 amide bonds. The lowest BCUT2D eigenvalue weighted by Gasteiger charge is -2.22. The van der Waals surface area contributed by atoms with Gasteiger partial charge in [0, 0.05) is 16.8 Å². The highest BCUT2D eigenvalue weighted by Gasteiger charge is 2.15. The molecule has 5 heteroatoms. The summed E-state index contributed by atoms with van der Waals surface area (Å²) in [5, 5.41) is 6.18. The SMILES string of the molecule is O=C(CNc1cc(F)cc(Cl)c1)NC1CCCCC1. The van der Waals surface area contributed by atoms with E-state index in [0.717, 1.165) is 12.8 Å². The van der Waals surface area contributed by atoms with Gasteiger partial charge in [0.25, 0.3) is 0 Å². The normalized spacial score (nSPS) is 16.1. The van der Waals surface area contributed by atoms with Crippen LogP contribution in [-0.2, 0) is 4.79 Å². The Bertz CT molecular complexity index is 427. The van der Waals surface area contributed by atoms with Crippen molar-refractivity contribution >= 4 is 23.2 Å². The van der Waals surface area contributed by atoms with Crippen LogP contribution in [-0.4, -0.2) is 18.5 Å². The van der Waals surface area contributed by atoms with E-state index in [1.165, 1.54) is 31.4 Å². The maximum atomic E-state index is 13.1. The van der Waals surface area contributed by atoms with E-state index < -0.39 is 5.82 Å². The summed E-state index contributed by atoms with van der Waals surface area (Å²) in [6, 6.07) is 4.44. The van der Waals surface area contributed by atoms with E-state index in [1.54, 1.807) is 6.07 Å². The van der Waals surface area contributed by atoms with Crippen LogP contribution < -0.4 is 10.6 Å². The first-order chi connectivity index (χ1) is 9.13. The molecule has 19 heavy (non-hydrogen) atoms. The number of nitrogens with one attached hydrogen (secondary N) is 2. The maximum absolute atomic E-state index is 13.1. The number of benzene rings is 1. The van der Waals surface area contributed by atoms with Gasteiger partial charge in [0.05, 0.1) is 6.54 Å². The van der Waals surface area contributed by atoms with Crippen molar-refractivity contribution in [3.05, 3.63) is 29.0 Å².